The number of hydrogen-bond acceptors (Lipinski definition) is 4. The van der Waals surface area contributed by atoms with Crippen LogP contribution in [0.15, 0.2) is 17.3 Å². The summed E-state index contributed by atoms with van der Waals surface area (Å²) >= 11 is 6.39. The minimum absolute atomic E-state index is 0.278. The van der Waals surface area contributed by atoms with Crippen molar-refractivity contribution in [2.45, 2.75) is 59.3 Å². The highest BCUT2D eigenvalue weighted by Gasteiger charge is 2.29. The van der Waals surface area contributed by atoms with Crippen LogP contribution in [0.5, 0.6) is 5.75 Å². The second-order valence-electron chi connectivity index (χ2n) is 8.74. The first-order valence-corrected chi connectivity index (χ1v) is 8.96. The zero-order valence-electron chi connectivity index (χ0n) is 16.8. The van der Waals surface area contributed by atoms with Gasteiger partial charge < -0.3 is 10.3 Å². The summed E-state index contributed by atoms with van der Waals surface area (Å²) in [5.41, 5.74) is 3.31. The van der Waals surface area contributed by atoms with Gasteiger partial charge in [-0.2, -0.15) is 5.10 Å². The van der Waals surface area contributed by atoms with Crippen LogP contribution in [0.25, 0.3) is 0 Å². The van der Waals surface area contributed by atoms with E-state index in [0.717, 1.165) is 11.1 Å². The summed E-state index contributed by atoms with van der Waals surface area (Å²) in [6.45, 7) is 14.0. The molecular formula is C20H28ClN3O2. The summed E-state index contributed by atoms with van der Waals surface area (Å²) in [6, 6.07) is 3.73. The molecule has 0 spiro atoms. The van der Waals surface area contributed by atoms with Crippen molar-refractivity contribution in [3.05, 3.63) is 45.2 Å². The monoisotopic (exact) mass is 377 g/mol. The number of hydrogen-bond donors (Lipinski definition) is 2. The average molecular weight is 378 g/mol. The summed E-state index contributed by atoms with van der Waals surface area (Å²) in [4.78, 5) is 0. The molecule has 0 atom stereocenters. The molecule has 2 N–H and O–H groups in total. The van der Waals surface area contributed by atoms with Crippen LogP contribution in [-0.2, 0) is 17.9 Å². The number of aryl methyl sites for hydroxylation is 2. The zero-order valence-corrected chi connectivity index (χ0v) is 17.5. The number of rotatable bonds is 2. The van der Waals surface area contributed by atoms with E-state index in [1.54, 1.807) is 11.7 Å². The van der Waals surface area contributed by atoms with E-state index in [0.29, 0.717) is 27.7 Å². The predicted octanol–water partition coefficient (Wildman–Crippen LogP) is 4.91. The second kappa shape index (κ2) is 6.62. The highest BCUT2D eigenvalue weighted by atomic mass is 35.5. The fourth-order valence-electron chi connectivity index (χ4n) is 3.07. The fourth-order valence-corrected chi connectivity index (χ4v) is 3.33. The quantitative estimate of drug-likeness (QED) is 0.443. The molecule has 142 valence electrons. The molecule has 0 fully saturated rings. The molecular weight excluding hydrogens is 350 g/mol. The van der Waals surface area contributed by atoms with Crippen LogP contribution < -0.4 is 0 Å². The molecule has 0 aliphatic heterocycles. The van der Waals surface area contributed by atoms with Gasteiger partial charge >= 0.3 is 0 Å². The van der Waals surface area contributed by atoms with Gasteiger partial charge in [0.1, 0.15) is 16.6 Å². The molecule has 6 heteroatoms. The molecule has 2 rings (SSSR count). The van der Waals surface area contributed by atoms with Crippen molar-refractivity contribution in [1.29, 1.82) is 0 Å². The number of halogens is 1. The summed E-state index contributed by atoms with van der Waals surface area (Å²) in [5, 5.41) is 28.9. The Bertz CT molecular complexity index is 833. The van der Waals surface area contributed by atoms with Gasteiger partial charge in [0, 0.05) is 23.7 Å². The van der Waals surface area contributed by atoms with E-state index < -0.39 is 0 Å². The Morgan fingerprint density at radius 2 is 1.54 bits per heavy atom. The van der Waals surface area contributed by atoms with Crippen LogP contribution in [0.1, 0.15) is 69.5 Å². The molecule has 0 aliphatic carbocycles. The van der Waals surface area contributed by atoms with E-state index in [1.165, 1.54) is 0 Å². The molecule has 0 bridgehead atoms. The maximum Gasteiger partial charge on any atom is 0.136 e. The molecule has 0 radical (unpaired) electrons. The van der Waals surface area contributed by atoms with E-state index in [1.807, 2.05) is 60.6 Å². The van der Waals surface area contributed by atoms with Crippen molar-refractivity contribution < 1.29 is 10.3 Å². The third kappa shape index (κ3) is 3.58. The molecule has 0 unspecified atom stereocenters. The summed E-state index contributed by atoms with van der Waals surface area (Å²) in [7, 11) is 1.74. The number of phenols is 1. The zero-order chi connectivity index (χ0) is 20.0. The van der Waals surface area contributed by atoms with Crippen molar-refractivity contribution in [2.75, 3.05) is 0 Å². The van der Waals surface area contributed by atoms with Crippen LogP contribution in [0.2, 0.25) is 5.15 Å². The van der Waals surface area contributed by atoms with Gasteiger partial charge in [0.25, 0.3) is 0 Å². The van der Waals surface area contributed by atoms with Crippen LogP contribution in [-0.4, -0.2) is 25.8 Å². The van der Waals surface area contributed by atoms with Crippen LogP contribution in [0.4, 0.5) is 0 Å². The van der Waals surface area contributed by atoms with Gasteiger partial charge in [-0.05, 0) is 29.9 Å². The summed E-state index contributed by atoms with van der Waals surface area (Å²) in [6.07, 6.45) is 0. The lowest BCUT2D eigenvalue weighted by Gasteiger charge is -2.28. The lowest BCUT2D eigenvalue weighted by molar-refractivity contribution is 0.319. The smallest absolute Gasteiger partial charge is 0.136 e. The maximum absolute atomic E-state index is 10.9. The highest BCUT2D eigenvalue weighted by molar-refractivity contribution is 6.34. The molecule has 26 heavy (non-hydrogen) atoms. The van der Waals surface area contributed by atoms with Gasteiger partial charge in [-0.15, -0.1) is 0 Å². The Hall–Kier alpha value is -2.01. The van der Waals surface area contributed by atoms with E-state index in [9.17, 15) is 10.3 Å². The van der Waals surface area contributed by atoms with Crippen molar-refractivity contribution in [2.24, 2.45) is 12.2 Å². The molecule has 5 nitrogen and oxygen atoms in total. The number of aromatic hydroxyl groups is 1. The first-order chi connectivity index (χ1) is 11.8. The van der Waals surface area contributed by atoms with Gasteiger partial charge in [-0.1, -0.05) is 58.3 Å². The number of phenolic OH excluding ortho intramolecular Hbond substituents is 1. The molecule has 1 heterocycles. The first-order valence-electron chi connectivity index (χ1n) is 8.59. The van der Waals surface area contributed by atoms with Crippen molar-refractivity contribution in [3.63, 3.8) is 0 Å². The molecule has 2 aromatic rings. The largest absolute Gasteiger partial charge is 0.507 e. The van der Waals surface area contributed by atoms with Crippen LogP contribution in [0.3, 0.4) is 0 Å². The predicted molar refractivity (Wildman–Crippen MR) is 106 cm³/mol. The Morgan fingerprint density at radius 1 is 1.08 bits per heavy atom. The maximum atomic E-state index is 10.9. The lowest BCUT2D eigenvalue weighted by Crippen LogP contribution is -2.19. The van der Waals surface area contributed by atoms with Crippen LogP contribution in [0, 0.1) is 6.92 Å². The van der Waals surface area contributed by atoms with Crippen molar-refractivity contribution >= 4 is 17.3 Å². The number of benzene rings is 1. The highest BCUT2D eigenvalue weighted by Crippen LogP contribution is 2.40. The Labute approximate surface area is 160 Å². The Balaban J connectivity index is 2.84. The summed E-state index contributed by atoms with van der Waals surface area (Å²) < 4.78 is 1.55. The second-order valence-corrected chi connectivity index (χ2v) is 9.10. The number of aromatic nitrogens is 2. The molecule has 0 aliphatic rings. The van der Waals surface area contributed by atoms with Gasteiger partial charge in [-0.3, -0.25) is 4.68 Å². The SMILES string of the molecule is Cc1nn(C)c(Cl)c1/C(=N\O)c1cc(C(C)(C)C)c(O)c(C(C)(C)C)c1. The van der Waals surface area contributed by atoms with Crippen molar-refractivity contribution in [1.82, 2.24) is 9.78 Å². The molecule has 0 saturated heterocycles. The van der Waals surface area contributed by atoms with Gasteiger partial charge in [0.05, 0.1) is 11.3 Å². The number of oxime groups is 1. The number of nitrogens with zero attached hydrogens (tertiary/aromatic N) is 3. The van der Waals surface area contributed by atoms with Crippen molar-refractivity contribution in [3.8, 4) is 5.75 Å². The van der Waals surface area contributed by atoms with E-state index >= 15 is 0 Å². The fraction of sp³-hybridized carbons (Fsp3) is 0.500. The Kier molecular flexibility index (Phi) is 5.17. The van der Waals surface area contributed by atoms with E-state index in [-0.39, 0.29) is 16.6 Å². The van der Waals surface area contributed by atoms with Gasteiger partial charge in [0.2, 0.25) is 0 Å². The molecule has 0 saturated carbocycles. The van der Waals surface area contributed by atoms with Crippen LogP contribution >= 0.6 is 11.6 Å². The third-order valence-corrected chi connectivity index (χ3v) is 4.92. The summed E-state index contributed by atoms with van der Waals surface area (Å²) in [5.74, 6) is 0.278. The lowest BCUT2D eigenvalue weighted by atomic mass is 9.77. The molecule has 1 aromatic heterocycles. The Morgan fingerprint density at radius 3 is 1.85 bits per heavy atom. The minimum atomic E-state index is -0.283. The van der Waals surface area contributed by atoms with E-state index in [2.05, 4.69) is 10.3 Å². The van der Waals surface area contributed by atoms with E-state index in [4.69, 9.17) is 11.6 Å². The molecule has 0 amide bonds. The molecule has 1 aromatic carbocycles. The van der Waals surface area contributed by atoms with Gasteiger partial charge in [-0.25, -0.2) is 0 Å². The first kappa shape index (κ1) is 20.3. The minimum Gasteiger partial charge on any atom is -0.507 e. The average Bonchev–Trinajstić information content (AvgIpc) is 2.73. The standard InChI is InChI=1S/C20H28ClN3O2/c1-11-15(18(21)24(8)22-11)16(23-26)12-9-13(19(2,3)4)17(25)14(10-12)20(5,6)7/h9-10,25-26H,1-8H3/b23-16-. The normalized spacial score (nSPS) is 13.3. The third-order valence-electron chi connectivity index (χ3n) is 4.49. The van der Waals surface area contributed by atoms with Gasteiger partial charge in [0.15, 0.2) is 0 Å². The topological polar surface area (TPSA) is 70.6 Å².